The molecule has 8 heteroatoms. The van der Waals surface area contributed by atoms with Crippen LogP contribution in [-0.2, 0) is 4.74 Å². The van der Waals surface area contributed by atoms with E-state index < -0.39 is 23.4 Å². The van der Waals surface area contributed by atoms with Crippen LogP contribution in [0, 0.1) is 29.3 Å². The predicted molar refractivity (Wildman–Crippen MR) is 85.7 cm³/mol. The fraction of sp³-hybridized carbons (Fsp3) is 0.588. The highest BCUT2D eigenvalue weighted by Gasteiger charge is 2.36. The number of likely N-dealkylation sites (N-methyl/N-ethyl adjacent to an activating group) is 1. The average Bonchev–Trinajstić information content (AvgIpc) is 2.99. The van der Waals surface area contributed by atoms with Crippen LogP contribution in [0.5, 0.6) is 0 Å². The molecule has 0 unspecified atom stereocenters. The summed E-state index contributed by atoms with van der Waals surface area (Å²) < 4.78 is 44.8. The molecule has 0 aliphatic carbocycles. The van der Waals surface area contributed by atoms with E-state index in [9.17, 15) is 23.1 Å². The second kappa shape index (κ2) is 8.64. The predicted octanol–water partition coefficient (Wildman–Crippen LogP) is 1.36. The van der Waals surface area contributed by atoms with Crippen molar-refractivity contribution in [1.29, 1.82) is 0 Å². The average molecular weight is 360 g/mol. The minimum absolute atomic E-state index is 0.0333. The first-order valence-electron chi connectivity index (χ1n) is 8.09. The third-order valence-electron chi connectivity index (χ3n) is 4.55. The van der Waals surface area contributed by atoms with Crippen LogP contribution >= 0.6 is 0 Å². The number of hydrogen-bond acceptors (Lipinski definition) is 4. The molecule has 0 radical (unpaired) electrons. The van der Waals surface area contributed by atoms with E-state index in [1.807, 2.05) is 11.9 Å². The van der Waals surface area contributed by atoms with E-state index in [4.69, 9.17) is 4.74 Å². The Morgan fingerprint density at radius 3 is 2.44 bits per heavy atom. The highest BCUT2D eigenvalue weighted by atomic mass is 19.2. The van der Waals surface area contributed by atoms with Gasteiger partial charge in [0.2, 0.25) is 0 Å². The number of rotatable bonds is 7. The summed E-state index contributed by atoms with van der Waals surface area (Å²) in [6.07, 6.45) is 0. The fourth-order valence-electron chi connectivity index (χ4n) is 3.12. The third kappa shape index (κ3) is 4.71. The van der Waals surface area contributed by atoms with Crippen molar-refractivity contribution in [3.8, 4) is 0 Å². The highest BCUT2D eigenvalue weighted by Crippen LogP contribution is 2.26. The van der Waals surface area contributed by atoms with E-state index in [1.165, 1.54) is 4.90 Å². The van der Waals surface area contributed by atoms with Gasteiger partial charge >= 0.3 is 0 Å². The van der Waals surface area contributed by atoms with Gasteiger partial charge in [-0.2, -0.15) is 0 Å². The lowest BCUT2D eigenvalue weighted by Gasteiger charge is -2.23. The summed E-state index contributed by atoms with van der Waals surface area (Å²) in [4.78, 5) is 16.0. The first kappa shape index (κ1) is 19.7. The number of aliphatic hydroxyl groups excluding tert-OH is 1. The Morgan fingerprint density at radius 1 is 1.28 bits per heavy atom. The molecule has 1 saturated heterocycles. The summed E-state index contributed by atoms with van der Waals surface area (Å²) in [6.45, 7) is 2.52. The second-order valence-electron chi connectivity index (χ2n) is 6.42. The number of ether oxygens (including phenoxy) is 1. The summed E-state index contributed by atoms with van der Waals surface area (Å²) in [5.41, 5.74) is -0.235. The molecule has 0 saturated carbocycles. The standard InChI is InChI=1S/C17H23F3N2O3/c1-21(3-4-25-2)7-12-8-22(9-13(12)10-23)17(24)11-5-14(18)16(20)15(19)6-11/h5-6,12-13,23H,3-4,7-10H2,1-2H3/t12-,13-/m1/s1. The summed E-state index contributed by atoms with van der Waals surface area (Å²) >= 11 is 0. The van der Waals surface area contributed by atoms with Crippen LogP contribution in [0.1, 0.15) is 10.4 Å². The number of amides is 1. The van der Waals surface area contributed by atoms with E-state index in [2.05, 4.69) is 0 Å². The van der Waals surface area contributed by atoms with Crippen LogP contribution in [0.2, 0.25) is 0 Å². The Hall–Kier alpha value is -1.64. The molecule has 1 aromatic rings. The quantitative estimate of drug-likeness (QED) is 0.746. The Kier molecular flexibility index (Phi) is 6.80. The molecule has 2 rings (SSSR count). The molecule has 2 atom stereocenters. The van der Waals surface area contributed by atoms with Crippen molar-refractivity contribution in [2.75, 3.05) is 53.6 Å². The molecule has 1 N–H and O–H groups in total. The molecule has 0 bridgehead atoms. The van der Waals surface area contributed by atoms with Gasteiger partial charge < -0.3 is 19.6 Å². The molecule has 1 heterocycles. The van der Waals surface area contributed by atoms with Crippen molar-refractivity contribution >= 4 is 5.91 Å². The Bertz CT molecular complexity index is 592. The maximum atomic E-state index is 13.4. The molecule has 5 nitrogen and oxygen atoms in total. The topological polar surface area (TPSA) is 53.0 Å². The number of benzene rings is 1. The van der Waals surface area contributed by atoms with Gasteiger partial charge in [0, 0.05) is 51.4 Å². The first-order chi connectivity index (χ1) is 11.9. The minimum Gasteiger partial charge on any atom is -0.396 e. The molecule has 0 aromatic heterocycles. The van der Waals surface area contributed by atoms with Crippen molar-refractivity contribution in [2.45, 2.75) is 0 Å². The number of halogens is 3. The van der Waals surface area contributed by atoms with Crippen LogP contribution in [-0.4, -0.2) is 74.4 Å². The number of aliphatic hydroxyl groups is 1. The van der Waals surface area contributed by atoms with Gasteiger partial charge in [-0.15, -0.1) is 0 Å². The lowest BCUT2D eigenvalue weighted by atomic mass is 9.96. The van der Waals surface area contributed by atoms with Gasteiger partial charge in [-0.25, -0.2) is 13.2 Å². The van der Waals surface area contributed by atoms with E-state index in [-0.39, 0.29) is 24.0 Å². The zero-order valence-corrected chi connectivity index (χ0v) is 14.3. The van der Waals surface area contributed by atoms with E-state index >= 15 is 0 Å². The third-order valence-corrected chi connectivity index (χ3v) is 4.55. The largest absolute Gasteiger partial charge is 0.396 e. The zero-order valence-electron chi connectivity index (χ0n) is 14.3. The summed E-state index contributed by atoms with van der Waals surface area (Å²) in [5, 5.41) is 9.57. The molecular formula is C17H23F3N2O3. The molecule has 1 aliphatic heterocycles. The number of carbonyl (C=O) groups is 1. The monoisotopic (exact) mass is 360 g/mol. The van der Waals surface area contributed by atoms with Gasteiger partial charge in [0.25, 0.3) is 5.91 Å². The molecule has 1 amide bonds. The Balaban J connectivity index is 2.06. The molecular weight excluding hydrogens is 337 g/mol. The van der Waals surface area contributed by atoms with Gasteiger partial charge in [0.05, 0.1) is 6.61 Å². The van der Waals surface area contributed by atoms with Crippen molar-refractivity contribution in [3.63, 3.8) is 0 Å². The van der Waals surface area contributed by atoms with Crippen LogP contribution in [0.4, 0.5) is 13.2 Å². The molecule has 25 heavy (non-hydrogen) atoms. The smallest absolute Gasteiger partial charge is 0.254 e. The lowest BCUT2D eigenvalue weighted by Crippen LogP contribution is -2.33. The van der Waals surface area contributed by atoms with Crippen LogP contribution in [0.15, 0.2) is 12.1 Å². The Morgan fingerprint density at radius 2 is 1.88 bits per heavy atom. The summed E-state index contributed by atoms with van der Waals surface area (Å²) in [6, 6.07) is 1.40. The van der Waals surface area contributed by atoms with E-state index in [1.54, 1.807) is 7.11 Å². The molecule has 0 spiro atoms. The van der Waals surface area contributed by atoms with Gasteiger partial charge in [-0.1, -0.05) is 0 Å². The van der Waals surface area contributed by atoms with E-state index in [0.717, 1.165) is 0 Å². The van der Waals surface area contributed by atoms with Crippen molar-refractivity contribution in [2.24, 2.45) is 11.8 Å². The zero-order chi connectivity index (χ0) is 18.6. The molecule has 140 valence electrons. The number of nitrogens with zero attached hydrogens (tertiary/aromatic N) is 2. The van der Waals surface area contributed by atoms with Crippen LogP contribution in [0.3, 0.4) is 0 Å². The number of methoxy groups -OCH3 is 1. The Labute approximate surface area is 145 Å². The van der Waals surface area contributed by atoms with E-state index in [0.29, 0.717) is 44.9 Å². The lowest BCUT2D eigenvalue weighted by molar-refractivity contribution is 0.0777. The van der Waals surface area contributed by atoms with Gasteiger partial charge in [-0.3, -0.25) is 4.79 Å². The molecule has 1 aliphatic rings. The summed E-state index contributed by atoms with van der Waals surface area (Å²) in [5.74, 6) is -5.04. The van der Waals surface area contributed by atoms with Crippen LogP contribution < -0.4 is 0 Å². The number of carbonyl (C=O) groups excluding carboxylic acids is 1. The fourth-order valence-corrected chi connectivity index (χ4v) is 3.12. The van der Waals surface area contributed by atoms with Gasteiger partial charge in [-0.05, 0) is 25.1 Å². The second-order valence-corrected chi connectivity index (χ2v) is 6.42. The number of hydrogen-bond donors (Lipinski definition) is 1. The van der Waals surface area contributed by atoms with Gasteiger partial charge in [0.1, 0.15) is 0 Å². The molecule has 1 fully saturated rings. The summed E-state index contributed by atoms with van der Waals surface area (Å²) in [7, 11) is 3.53. The SMILES string of the molecule is COCCN(C)C[C@@H]1CN(C(=O)c2cc(F)c(F)c(F)c2)C[C@@H]1CO. The van der Waals surface area contributed by atoms with Crippen LogP contribution in [0.25, 0.3) is 0 Å². The van der Waals surface area contributed by atoms with Gasteiger partial charge in [0.15, 0.2) is 17.5 Å². The molecule has 1 aromatic carbocycles. The van der Waals surface area contributed by atoms with Crippen molar-refractivity contribution < 1.29 is 27.8 Å². The van der Waals surface area contributed by atoms with Crippen molar-refractivity contribution in [1.82, 2.24) is 9.80 Å². The maximum Gasteiger partial charge on any atom is 0.254 e. The minimum atomic E-state index is -1.59. The number of likely N-dealkylation sites (tertiary alicyclic amines) is 1. The maximum absolute atomic E-state index is 13.4. The normalized spacial score (nSPS) is 20.5. The first-order valence-corrected chi connectivity index (χ1v) is 8.09. The highest BCUT2D eigenvalue weighted by molar-refractivity contribution is 5.94. The van der Waals surface area contributed by atoms with Crippen molar-refractivity contribution in [3.05, 3.63) is 35.1 Å².